The molecule has 0 saturated carbocycles. The number of phenolic OH excluding ortho intramolecular Hbond substituents is 2. The van der Waals surface area contributed by atoms with Crippen molar-refractivity contribution in [3.05, 3.63) is 84.2 Å². The molecule has 0 fully saturated rings. The third-order valence-corrected chi connectivity index (χ3v) is 6.80. The van der Waals surface area contributed by atoms with Gasteiger partial charge in [-0.15, -0.1) is 0 Å². The van der Waals surface area contributed by atoms with E-state index in [9.17, 15) is 24.6 Å². The molecule has 0 spiro atoms. The Hall–Kier alpha value is -3.13. The summed E-state index contributed by atoms with van der Waals surface area (Å²) >= 11 is 3.85. The number of hydrogen-bond acceptors (Lipinski definition) is 7. The molecule has 35 heavy (non-hydrogen) atoms. The molecular weight excluding hydrogens is 680 g/mol. The van der Waals surface area contributed by atoms with Crippen molar-refractivity contribution in [1.82, 2.24) is 0 Å². The molecule has 0 aliphatic carbocycles. The maximum absolute atomic E-state index is 13.5. The fraction of sp³-hybridized carbons (Fsp3) is 0.0800. The number of ether oxygens (including phenoxy) is 1. The molecule has 178 valence electrons. The lowest BCUT2D eigenvalue weighted by Crippen LogP contribution is -2.12. The Morgan fingerprint density at radius 2 is 1.60 bits per heavy atom. The average Bonchev–Trinajstić information content (AvgIpc) is 3.18. The van der Waals surface area contributed by atoms with E-state index in [0.29, 0.717) is 18.3 Å². The maximum atomic E-state index is 13.5. The van der Waals surface area contributed by atoms with Crippen molar-refractivity contribution in [1.29, 1.82) is 0 Å². The lowest BCUT2D eigenvalue weighted by atomic mass is 9.98. The molecule has 0 saturated heterocycles. The number of phenols is 2. The summed E-state index contributed by atoms with van der Waals surface area (Å²) in [5.41, 5.74) is 6.21. The van der Waals surface area contributed by atoms with Gasteiger partial charge in [-0.05, 0) is 75.5 Å². The van der Waals surface area contributed by atoms with E-state index in [4.69, 9.17) is 14.9 Å². The van der Waals surface area contributed by atoms with Gasteiger partial charge in [0.1, 0.15) is 17.1 Å². The zero-order valence-electron chi connectivity index (χ0n) is 17.9. The van der Waals surface area contributed by atoms with E-state index >= 15 is 0 Å². The van der Waals surface area contributed by atoms with Crippen LogP contribution in [-0.4, -0.2) is 27.9 Å². The van der Waals surface area contributed by atoms with Crippen LogP contribution in [0.5, 0.6) is 17.2 Å². The van der Waals surface area contributed by atoms with Gasteiger partial charge in [-0.2, -0.15) is 0 Å². The first-order valence-electron chi connectivity index (χ1n) is 10.2. The largest absolute Gasteiger partial charge is 0.506 e. The smallest absolute Gasteiger partial charge is 0.343 e. The summed E-state index contributed by atoms with van der Waals surface area (Å²) in [7, 11) is 0. The van der Waals surface area contributed by atoms with Gasteiger partial charge in [0, 0.05) is 29.9 Å². The Bertz CT molecular complexity index is 1460. The maximum Gasteiger partial charge on any atom is 0.343 e. The first-order chi connectivity index (χ1) is 16.7. The zero-order chi connectivity index (χ0) is 25.3. The third-order valence-electron chi connectivity index (χ3n) is 5.16. The van der Waals surface area contributed by atoms with Crippen molar-refractivity contribution >= 4 is 73.8 Å². The quantitative estimate of drug-likeness (QED) is 0.108. The number of fused-ring (bicyclic) bond motifs is 1. The highest BCUT2D eigenvalue weighted by Gasteiger charge is 2.26. The number of ketones is 1. The molecular formula is C25H17I2NO7. The number of hydrogen-bond donors (Lipinski definition) is 3. The van der Waals surface area contributed by atoms with Crippen LogP contribution in [0.25, 0.3) is 11.0 Å². The fourth-order valence-electron chi connectivity index (χ4n) is 3.48. The van der Waals surface area contributed by atoms with Gasteiger partial charge in [-0.25, -0.2) is 4.79 Å². The van der Waals surface area contributed by atoms with Gasteiger partial charge in [0.2, 0.25) is 5.91 Å². The molecule has 1 heterocycles. The van der Waals surface area contributed by atoms with Crippen molar-refractivity contribution in [2.45, 2.75) is 12.8 Å². The van der Waals surface area contributed by atoms with Gasteiger partial charge >= 0.3 is 5.97 Å². The van der Waals surface area contributed by atoms with Crippen molar-refractivity contribution in [2.75, 3.05) is 0 Å². The molecule has 0 bridgehead atoms. The molecule has 4 rings (SSSR count). The number of furan rings is 1. The molecule has 3 aromatic carbocycles. The number of amides is 1. The number of esters is 1. The number of benzene rings is 3. The molecule has 1 aromatic heterocycles. The van der Waals surface area contributed by atoms with Gasteiger partial charge in [-0.3, -0.25) is 9.59 Å². The Balaban J connectivity index is 1.80. The van der Waals surface area contributed by atoms with Crippen LogP contribution in [-0.2, 0) is 11.2 Å². The van der Waals surface area contributed by atoms with E-state index in [1.54, 1.807) is 30.3 Å². The summed E-state index contributed by atoms with van der Waals surface area (Å²) in [5.74, 6) is -1.91. The molecule has 0 radical (unpaired) electrons. The predicted molar refractivity (Wildman–Crippen MR) is 144 cm³/mol. The van der Waals surface area contributed by atoms with Crippen LogP contribution in [0.2, 0.25) is 0 Å². The van der Waals surface area contributed by atoms with E-state index in [2.05, 4.69) is 0 Å². The second kappa shape index (κ2) is 10.2. The number of nitrogens with two attached hydrogens (primary N) is 1. The second-order valence-electron chi connectivity index (χ2n) is 7.56. The van der Waals surface area contributed by atoms with Gasteiger partial charge < -0.3 is 25.1 Å². The van der Waals surface area contributed by atoms with E-state index in [0.717, 1.165) is 0 Å². The minimum atomic E-state index is -0.676. The number of carbonyl (C=O) groups is 3. The normalized spacial score (nSPS) is 10.9. The standard InChI is InChI=1S/C25H17I2NO7/c26-15-8-13(9-16(27)24(15)32)23(31)22-14-10-17(29)20(35-25(33)12-4-2-1-3-5-12)11-19(14)34-18(22)6-7-21(28)30/h1-5,8-11,29,32H,6-7H2,(H2,28,30). The molecule has 0 aliphatic heterocycles. The van der Waals surface area contributed by atoms with Gasteiger partial charge in [-0.1, -0.05) is 18.2 Å². The van der Waals surface area contributed by atoms with Crippen molar-refractivity contribution in [3.8, 4) is 17.2 Å². The highest BCUT2D eigenvalue weighted by Crippen LogP contribution is 2.38. The van der Waals surface area contributed by atoms with E-state index in [1.807, 2.05) is 45.2 Å². The molecule has 1 amide bonds. The first-order valence-corrected chi connectivity index (χ1v) is 12.4. The first kappa shape index (κ1) is 25.0. The average molecular weight is 697 g/mol. The van der Waals surface area contributed by atoms with Crippen LogP contribution in [0.4, 0.5) is 0 Å². The van der Waals surface area contributed by atoms with E-state index < -0.39 is 17.7 Å². The Labute approximate surface area is 226 Å². The molecule has 8 nitrogen and oxygen atoms in total. The summed E-state index contributed by atoms with van der Waals surface area (Å²) in [6.45, 7) is 0. The number of carbonyl (C=O) groups excluding carboxylic acids is 3. The van der Waals surface area contributed by atoms with E-state index in [-0.39, 0.29) is 52.4 Å². The number of aryl methyl sites for hydroxylation is 1. The molecule has 4 N–H and O–H groups in total. The SMILES string of the molecule is NC(=O)CCc1oc2cc(OC(=O)c3ccccc3)c(O)cc2c1C(=O)c1cc(I)c(O)c(I)c1. The topological polar surface area (TPSA) is 140 Å². The van der Waals surface area contributed by atoms with E-state index in [1.165, 1.54) is 24.3 Å². The van der Waals surface area contributed by atoms with Crippen molar-refractivity contribution in [3.63, 3.8) is 0 Å². The van der Waals surface area contributed by atoms with Crippen LogP contribution in [0.1, 0.15) is 38.5 Å². The highest BCUT2D eigenvalue weighted by molar-refractivity contribution is 14.1. The van der Waals surface area contributed by atoms with Crippen LogP contribution in [0.3, 0.4) is 0 Å². The fourth-order valence-corrected chi connectivity index (χ4v) is 5.25. The van der Waals surface area contributed by atoms with Crippen LogP contribution < -0.4 is 10.5 Å². The predicted octanol–water partition coefficient (Wildman–Crippen LogP) is 4.92. The number of aromatic hydroxyl groups is 2. The Kier molecular flexibility index (Phi) is 7.31. The Morgan fingerprint density at radius 3 is 2.23 bits per heavy atom. The number of primary amides is 1. The lowest BCUT2D eigenvalue weighted by Gasteiger charge is -2.08. The van der Waals surface area contributed by atoms with Crippen LogP contribution in [0.15, 0.2) is 59.0 Å². The summed E-state index contributed by atoms with van der Waals surface area (Å²) in [6, 6.07) is 13.9. The van der Waals surface area contributed by atoms with Crippen molar-refractivity contribution < 1.29 is 33.8 Å². The molecule has 10 heteroatoms. The van der Waals surface area contributed by atoms with Gasteiger partial charge in [0.15, 0.2) is 17.3 Å². The summed E-state index contributed by atoms with van der Waals surface area (Å²) in [5, 5.41) is 20.9. The zero-order valence-corrected chi connectivity index (χ0v) is 22.2. The minimum absolute atomic E-state index is 0.0528. The summed E-state index contributed by atoms with van der Waals surface area (Å²) in [6.07, 6.45) is -0.0101. The number of rotatable bonds is 7. The monoisotopic (exact) mass is 697 g/mol. The molecule has 0 aliphatic rings. The van der Waals surface area contributed by atoms with Crippen LogP contribution >= 0.6 is 45.2 Å². The van der Waals surface area contributed by atoms with Crippen molar-refractivity contribution in [2.24, 2.45) is 5.73 Å². The third kappa shape index (κ3) is 5.27. The minimum Gasteiger partial charge on any atom is -0.506 e. The van der Waals surface area contributed by atoms with Gasteiger partial charge in [0.05, 0.1) is 18.3 Å². The number of halogens is 2. The Morgan fingerprint density at radius 1 is 0.943 bits per heavy atom. The lowest BCUT2D eigenvalue weighted by molar-refractivity contribution is -0.118. The van der Waals surface area contributed by atoms with Crippen LogP contribution in [0, 0.1) is 7.14 Å². The summed E-state index contributed by atoms with van der Waals surface area (Å²) < 4.78 is 12.2. The molecule has 4 aromatic rings. The highest BCUT2D eigenvalue weighted by atomic mass is 127. The van der Waals surface area contributed by atoms with Gasteiger partial charge in [0.25, 0.3) is 0 Å². The summed E-state index contributed by atoms with van der Waals surface area (Å²) in [4.78, 5) is 37.4. The molecule has 0 atom stereocenters. The second-order valence-corrected chi connectivity index (χ2v) is 9.88. The molecule has 0 unspecified atom stereocenters.